The lowest BCUT2D eigenvalue weighted by Crippen LogP contribution is -1.85. The van der Waals surface area contributed by atoms with Crippen LogP contribution in [0.3, 0.4) is 0 Å². The van der Waals surface area contributed by atoms with Gasteiger partial charge in [0.25, 0.3) is 0 Å². The molecule has 2 nitrogen and oxygen atoms in total. The van der Waals surface area contributed by atoms with Gasteiger partial charge >= 0.3 is 0 Å². The van der Waals surface area contributed by atoms with Gasteiger partial charge in [-0.15, -0.1) is 0 Å². The minimum absolute atomic E-state index is 0.229. The van der Waals surface area contributed by atoms with Crippen molar-refractivity contribution in [2.24, 2.45) is 0 Å². The standard InChI is InChI=1S/C10H6BrF2NO/c11-5-7-4-10(14-15-7)8-2-1-6(12)3-9(8)13/h1-4H,5H2. The third-order valence-electron chi connectivity index (χ3n) is 1.90. The lowest BCUT2D eigenvalue weighted by Gasteiger charge is -1.97. The second kappa shape index (κ2) is 4.10. The Hall–Kier alpha value is -1.23. The fourth-order valence-corrected chi connectivity index (χ4v) is 1.46. The van der Waals surface area contributed by atoms with Crippen LogP contribution in [-0.4, -0.2) is 5.16 Å². The minimum Gasteiger partial charge on any atom is -0.360 e. The molecular formula is C10H6BrF2NO. The van der Waals surface area contributed by atoms with Crippen molar-refractivity contribution >= 4 is 15.9 Å². The first kappa shape index (κ1) is 10.3. The summed E-state index contributed by atoms with van der Waals surface area (Å²) in [5.74, 6) is -0.668. The molecule has 0 spiro atoms. The Bertz CT molecular complexity index is 484. The van der Waals surface area contributed by atoms with Crippen LogP contribution in [0.25, 0.3) is 11.3 Å². The Balaban J connectivity index is 2.44. The second-order valence-corrected chi connectivity index (χ2v) is 3.50. The minimum atomic E-state index is -0.649. The molecule has 1 aromatic heterocycles. The summed E-state index contributed by atoms with van der Waals surface area (Å²) in [6.07, 6.45) is 0. The maximum atomic E-state index is 13.3. The van der Waals surface area contributed by atoms with E-state index in [9.17, 15) is 8.78 Å². The van der Waals surface area contributed by atoms with Gasteiger partial charge in [0, 0.05) is 17.7 Å². The van der Waals surface area contributed by atoms with Crippen molar-refractivity contribution in [1.29, 1.82) is 0 Å². The highest BCUT2D eigenvalue weighted by atomic mass is 79.9. The average Bonchev–Trinajstić information content (AvgIpc) is 2.66. The zero-order chi connectivity index (χ0) is 10.8. The van der Waals surface area contributed by atoms with Gasteiger partial charge < -0.3 is 4.52 Å². The van der Waals surface area contributed by atoms with E-state index < -0.39 is 11.6 Å². The van der Waals surface area contributed by atoms with E-state index in [2.05, 4.69) is 21.1 Å². The van der Waals surface area contributed by atoms with E-state index in [4.69, 9.17) is 4.52 Å². The van der Waals surface area contributed by atoms with Gasteiger partial charge in [-0.1, -0.05) is 21.1 Å². The van der Waals surface area contributed by atoms with Gasteiger partial charge in [-0.05, 0) is 12.1 Å². The summed E-state index contributed by atoms with van der Waals surface area (Å²) >= 11 is 3.19. The Morgan fingerprint density at radius 2 is 2.07 bits per heavy atom. The third kappa shape index (κ3) is 2.07. The van der Waals surface area contributed by atoms with Crippen LogP contribution in [0.4, 0.5) is 8.78 Å². The number of hydrogen-bond acceptors (Lipinski definition) is 2. The van der Waals surface area contributed by atoms with Crippen LogP contribution in [0.5, 0.6) is 0 Å². The molecule has 0 unspecified atom stereocenters. The molecule has 0 aliphatic carbocycles. The van der Waals surface area contributed by atoms with Crippen LogP contribution in [0.2, 0.25) is 0 Å². The van der Waals surface area contributed by atoms with E-state index in [0.29, 0.717) is 16.8 Å². The molecule has 2 rings (SSSR count). The summed E-state index contributed by atoms with van der Waals surface area (Å²) in [5, 5.41) is 4.18. The zero-order valence-corrected chi connectivity index (χ0v) is 9.09. The molecule has 78 valence electrons. The summed E-state index contributed by atoms with van der Waals surface area (Å²) in [5.41, 5.74) is 0.592. The van der Waals surface area contributed by atoms with Crippen LogP contribution >= 0.6 is 15.9 Å². The van der Waals surface area contributed by atoms with Gasteiger partial charge in [0.1, 0.15) is 23.1 Å². The number of nitrogens with zero attached hydrogens (tertiary/aromatic N) is 1. The van der Waals surface area contributed by atoms with Crippen LogP contribution in [0.15, 0.2) is 28.8 Å². The van der Waals surface area contributed by atoms with Gasteiger partial charge in [-0.2, -0.15) is 0 Å². The summed E-state index contributed by atoms with van der Waals surface area (Å²) in [4.78, 5) is 0. The van der Waals surface area contributed by atoms with E-state index >= 15 is 0 Å². The molecule has 0 fully saturated rings. The van der Waals surface area contributed by atoms with Crippen LogP contribution in [-0.2, 0) is 5.33 Å². The Morgan fingerprint density at radius 3 is 2.67 bits per heavy atom. The van der Waals surface area contributed by atoms with Crippen molar-refractivity contribution in [3.63, 3.8) is 0 Å². The number of aromatic nitrogens is 1. The smallest absolute Gasteiger partial charge is 0.147 e. The van der Waals surface area contributed by atoms with Crippen molar-refractivity contribution in [2.75, 3.05) is 0 Å². The van der Waals surface area contributed by atoms with Crippen molar-refractivity contribution in [1.82, 2.24) is 5.16 Å². The van der Waals surface area contributed by atoms with Crippen molar-refractivity contribution in [2.45, 2.75) is 5.33 Å². The number of alkyl halides is 1. The van der Waals surface area contributed by atoms with Gasteiger partial charge in [-0.25, -0.2) is 8.78 Å². The largest absolute Gasteiger partial charge is 0.360 e. The summed E-state index contributed by atoms with van der Waals surface area (Å²) < 4.78 is 30.9. The van der Waals surface area contributed by atoms with E-state index in [-0.39, 0.29) is 5.56 Å². The molecule has 0 saturated heterocycles. The van der Waals surface area contributed by atoms with E-state index in [1.165, 1.54) is 12.1 Å². The highest BCUT2D eigenvalue weighted by molar-refractivity contribution is 9.08. The first-order chi connectivity index (χ1) is 7.20. The van der Waals surface area contributed by atoms with Crippen molar-refractivity contribution in [3.8, 4) is 11.3 Å². The Kier molecular flexibility index (Phi) is 2.81. The summed E-state index contributed by atoms with van der Waals surface area (Å²) in [6.45, 7) is 0. The molecule has 0 atom stereocenters. The van der Waals surface area contributed by atoms with E-state index in [1.807, 2.05) is 0 Å². The number of rotatable bonds is 2. The van der Waals surface area contributed by atoms with Crippen LogP contribution in [0.1, 0.15) is 5.76 Å². The average molecular weight is 274 g/mol. The number of hydrogen-bond donors (Lipinski definition) is 0. The van der Waals surface area contributed by atoms with Crippen LogP contribution < -0.4 is 0 Å². The monoisotopic (exact) mass is 273 g/mol. The van der Waals surface area contributed by atoms with E-state index in [1.54, 1.807) is 6.07 Å². The summed E-state index contributed by atoms with van der Waals surface area (Å²) in [6, 6.07) is 4.93. The van der Waals surface area contributed by atoms with Crippen LogP contribution in [0, 0.1) is 11.6 Å². The molecule has 0 N–H and O–H groups in total. The molecule has 5 heteroatoms. The van der Waals surface area contributed by atoms with Gasteiger partial charge in [0.05, 0.1) is 5.33 Å². The van der Waals surface area contributed by atoms with Gasteiger partial charge in [0.2, 0.25) is 0 Å². The molecule has 0 amide bonds. The molecule has 0 aliphatic rings. The molecule has 0 bridgehead atoms. The van der Waals surface area contributed by atoms with Crippen molar-refractivity contribution in [3.05, 3.63) is 41.7 Å². The molecule has 0 radical (unpaired) electrons. The maximum Gasteiger partial charge on any atom is 0.147 e. The molecule has 2 aromatic rings. The lowest BCUT2D eigenvalue weighted by molar-refractivity contribution is 0.397. The molecule has 0 saturated carbocycles. The molecular weight excluding hydrogens is 268 g/mol. The predicted octanol–water partition coefficient (Wildman–Crippen LogP) is 3.51. The van der Waals surface area contributed by atoms with E-state index in [0.717, 1.165) is 6.07 Å². The highest BCUT2D eigenvalue weighted by Crippen LogP contribution is 2.23. The topological polar surface area (TPSA) is 26.0 Å². The first-order valence-electron chi connectivity index (χ1n) is 4.17. The number of benzene rings is 1. The fraction of sp³-hybridized carbons (Fsp3) is 0.100. The Morgan fingerprint density at radius 1 is 1.27 bits per heavy atom. The molecule has 0 aliphatic heterocycles. The SMILES string of the molecule is Fc1ccc(-c2cc(CBr)on2)c(F)c1. The lowest BCUT2D eigenvalue weighted by atomic mass is 10.1. The first-order valence-corrected chi connectivity index (χ1v) is 5.30. The molecule has 15 heavy (non-hydrogen) atoms. The Labute approximate surface area is 93.0 Å². The number of halogens is 3. The van der Waals surface area contributed by atoms with Gasteiger partial charge in [0.15, 0.2) is 0 Å². The maximum absolute atomic E-state index is 13.3. The third-order valence-corrected chi connectivity index (χ3v) is 2.45. The molecule has 1 aromatic carbocycles. The molecule has 1 heterocycles. The van der Waals surface area contributed by atoms with Gasteiger partial charge in [-0.3, -0.25) is 0 Å². The highest BCUT2D eigenvalue weighted by Gasteiger charge is 2.10. The predicted molar refractivity (Wildman–Crippen MR) is 54.5 cm³/mol. The fourth-order valence-electron chi connectivity index (χ4n) is 1.20. The second-order valence-electron chi connectivity index (χ2n) is 2.94. The quantitative estimate of drug-likeness (QED) is 0.783. The van der Waals surface area contributed by atoms with Crippen molar-refractivity contribution < 1.29 is 13.3 Å². The normalized spacial score (nSPS) is 10.6. The summed E-state index contributed by atoms with van der Waals surface area (Å²) in [7, 11) is 0. The zero-order valence-electron chi connectivity index (χ0n) is 7.51.